The van der Waals surface area contributed by atoms with Crippen LogP contribution in [0, 0.1) is 12.3 Å². The molecule has 1 unspecified atom stereocenters. The second kappa shape index (κ2) is 12.6. The van der Waals surface area contributed by atoms with E-state index in [0.29, 0.717) is 36.2 Å². The van der Waals surface area contributed by atoms with Crippen molar-refractivity contribution in [3.8, 4) is 22.6 Å². The van der Waals surface area contributed by atoms with Gasteiger partial charge in [-0.2, -0.15) is 0 Å². The number of carbonyl (C=O) groups is 1. The highest BCUT2D eigenvalue weighted by atomic mass is 16.5. The molecule has 0 aliphatic carbocycles. The normalized spacial score (nSPS) is 15.2. The topological polar surface area (TPSA) is 106 Å². The number of nitrogens with zero attached hydrogens (tertiary/aromatic N) is 2. The summed E-state index contributed by atoms with van der Waals surface area (Å²) in [6.45, 7) is 8.07. The number of amides is 1. The van der Waals surface area contributed by atoms with Gasteiger partial charge in [-0.15, -0.1) is 0 Å². The van der Waals surface area contributed by atoms with Gasteiger partial charge in [-0.3, -0.25) is 19.6 Å². The fourth-order valence-electron chi connectivity index (χ4n) is 5.97. The van der Waals surface area contributed by atoms with E-state index in [9.17, 15) is 9.59 Å². The quantitative estimate of drug-likeness (QED) is 0.156. The molecule has 1 amide bonds. The molecule has 2 heterocycles. The molecule has 0 radical (unpaired) electrons. The Kier molecular flexibility index (Phi) is 8.88. The lowest BCUT2D eigenvalue weighted by Crippen LogP contribution is -2.35. The van der Waals surface area contributed by atoms with Crippen LogP contribution in [0.1, 0.15) is 73.5 Å². The molecule has 9 heteroatoms. The SMILES string of the molecule is BC(=O)NC(=N)c1ccccc1-c1ccc(Cc2c(CCC)nc(C)n(-c3ccc4c(c3)C(OC)CC(C)(C)O4)c2=O)cc1. The molecule has 5 rings (SSSR count). The van der Waals surface area contributed by atoms with E-state index in [4.69, 9.17) is 19.9 Å². The Morgan fingerprint density at radius 1 is 1.16 bits per heavy atom. The van der Waals surface area contributed by atoms with Crippen LogP contribution in [-0.2, 0) is 17.6 Å². The maximum Gasteiger partial charge on any atom is 0.261 e. The van der Waals surface area contributed by atoms with Crippen LogP contribution in [0.5, 0.6) is 5.75 Å². The molecule has 1 aliphatic rings. The first kappa shape index (κ1) is 30.9. The number of rotatable bonds is 8. The minimum Gasteiger partial charge on any atom is -0.487 e. The molecule has 0 spiro atoms. The minimum absolute atomic E-state index is 0.0573. The van der Waals surface area contributed by atoms with Gasteiger partial charge in [0.1, 0.15) is 23.0 Å². The zero-order valence-corrected chi connectivity index (χ0v) is 26.3. The van der Waals surface area contributed by atoms with E-state index < -0.39 is 0 Å². The summed E-state index contributed by atoms with van der Waals surface area (Å²) in [5.41, 5.74) is 6.13. The summed E-state index contributed by atoms with van der Waals surface area (Å²) in [7, 11) is 3.10. The predicted molar refractivity (Wildman–Crippen MR) is 176 cm³/mol. The van der Waals surface area contributed by atoms with Crippen molar-refractivity contribution in [1.29, 1.82) is 5.41 Å². The molecule has 0 bridgehead atoms. The number of nitrogens with one attached hydrogen (secondary N) is 2. The van der Waals surface area contributed by atoms with E-state index in [-0.39, 0.29) is 28.9 Å². The lowest BCUT2D eigenvalue weighted by atomic mass is 9.91. The lowest BCUT2D eigenvalue weighted by Gasteiger charge is -2.37. The number of hydrogen-bond donors (Lipinski definition) is 2. The first-order chi connectivity index (χ1) is 21.0. The van der Waals surface area contributed by atoms with E-state index in [1.807, 2.05) is 73.7 Å². The van der Waals surface area contributed by atoms with E-state index in [0.717, 1.165) is 45.8 Å². The van der Waals surface area contributed by atoms with E-state index in [2.05, 4.69) is 26.1 Å². The highest BCUT2D eigenvalue weighted by Gasteiger charge is 2.34. The van der Waals surface area contributed by atoms with E-state index in [1.54, 1.807) is 11.7 Å². The number of hydrogen-bond acceptors (Lipinski definition) is 6. The largest absolute Gasteiger partial charge is 0.487 e. The maximum absolute atomic E-state index is 14.2. The molecule has 3 aromatic carbocycles. The molecule has 44 heavy (non-hydrogen) atoms. The summed E-state index contributed by atoms with van der Waals surface area (Å²) in [4.78, 5) is 30.7. The van der Waals surface area contributed by atoms with Crippen molar-refractivity contribution in [1.82, 2.24) is 14.9 Å². The third-order valence-electron chi connectivity index (χ3n) is 8.01. The highest BCUT2D eigenvalue weighted by molar-refractivity contribution is 6.58. The second-order valence-electron chi connectivity index (χ2n) is 12.0. The average Bonchev–Trinajstić information content (AvgIpc) is 2.98. The highest BCUT2D eigenvalue weighted by Crippen LogP contribution is 2.42. The van der Waals surface area contributed by atoms with Gasteiger partial charge in [0.15, 0.2) is 5.81 Å². The van der Waals surface area contributed by atoms with Gasteiger partial charge in [-0.25, -0.2) is 4.98 Å². The van der Waals surface area contributed by atoms with E-state index in [1.165, 1.54) is 7.85 Å². The average molecular weight is 591 g/mol. The van der Waals surface area contributed by atoms with Crippen molar-refractivity contribution in [2.75, 3.05) is 7.11 Å². The molecule has 1 aromatic heterocycles. The van der Waals surface area contributed by atoms with Gasteiger partial charge in [0.2, 0.25) is 7.85 Å². The van der Waals surface area contributed by atoms with Gasteiger partial charge in [0.25, 0.3) is 5.56 Å². The van der Waals surface area contributed by atoms with Crippen LogP contribution in [0.2, 0.25) is 0 Å². The monoisotopic (exact) mass is 590 g/mol. The number of aryl methyl sites for hydroxylation is 2. The Balaban J connectivity index is 1.51. The summed E-state index contributed by atoms with van der Waals surface area (Å²) in [6.07, 6.45) is 2.60. The number of benzene rings is 3. The third kappa shape index (κ3) is 6.38. The fourth-order valence-corrected chi connectivity index (χ4v) is 5.97. The van der Waals surface area contributed by atoms with Crippen molar-refractivity contribution >= 4 is 19.5 Å². The summed E-state index contributed by atoms with van der Waals surface area (Å²) < 4.78 is 13.7. The number of ether oxygens (including phenoxy) is 2. The van der Waals surface area contributed by atoms with Crippen LogP contribution in [0.4, 0.5) is 4.79 Å². The summed E-state index contributed by atoms with van der Waals surface area (Å²) in [5, 5.41) is 10.9. The zero-order chi connectivity index (χ0) is 31.6. The van der Waals surface area contributed by atoms with Crippen molar-refractivity contribution in [2.24, 2.45) is 0 Å². The number of aromatic nitrogens is 2. The molecular formula is C35H39BN4O4. The number of amidine groups is 1. The first-order valence-corrected chi connectivity index (χ1v) is 15.0. The number of fused-ring (bicyclic) bond motifs is 1. The number of methoxy groups -OCH3 is 1. The van der Waals surface area contributed by atoms with Crippen LogP contribution < -0.4 is 15.6 Å². The Morgan fingerprint density at radius 3 is 2.57 bits per heavy atom. The van der Waals surface area contributed by atoms with E-state index >= 15 is 0 Å². The summed E-state index contributed by atoms with van der Waals surface area (Å²) in [6, 6.07) is 21.3. The number of carbonyl (C=O) groups excluding carboxylic acids is 1. The molecule has 8 nitrogen and oxygen atoms in total. The van der Waals surface area contributed by atoms with Crippen LogP contribution in [0.15, 0.2) is 71.5 Å². The Labute approximate surface area is 259 Å². The molecule has 0 saturated carbocycles. The minimum atomic E-state index is -0.344. The molecule has 0 saturated heterocycles. The summed E-state index contributed by atoms with van der Waals surface area (Å²) >= 11 is 0. The second-order valence-corrected chi connectivity index (χ2v) is 12.0. The van der Waals surface area contributed by atoms with Crippen LogP contribution in [-0.4, -0.2) is 41.8 Å². The standard InChI is InChI=1S/C35H39BN4O4/c1-6-9-29-27(18-22-12-14-23(15-13-22)25-10-7-8-11-26(25)32(37)39-34(36)42)33(41)40(21(2)38-29)24-16-17-30-28(19-24)31(43-5)20-35(3,4)44-30/h7-8,10-17,19,31H,6,9,18,20,36H2,1-5H3,(H2,37,39,42). The van der Waals surface area contributed by atoms with Crippen molar-refractivity contribution in [3.63, 3.8) is 0 Å². The van der Waals surface area contributed by atoms with Gasteiger partial charge < -0.3 is 14.8 Å². The Morgan fingerprint density at radius 2 is 1.89 bits per heavy atom. The van der Waals surface area contributed by atoms with Gasteiger partial charge in [-0.1, -0.05) is 61.9 Å². The smallest absolute Gasteiger partial charge is 0.261 e. The molecule has 1 atom stereocenters. The predicted octanol–water partition coefficient (Wildman–Crippen LogP) is 5.67. The summed E-state index contributed by atoms with van der Waals surface area (Å²) in [5.74, 6) is 1.18. The zero-order valence-electron chi connectivity index (χ0n) is 26.3. The molecule has 226 valence electrons. The van der Waals surface area contributed by atoms with Crippen molar-refractivity contribution < 1.29 is 14.3 Å². The van der Waals surface area contributed by atoms with Gasteiger partial charge >= 0.3 is 0 Å². The molecule has 0 fully saturated rings. The third-order valence-corrected chi connectivity index (χ3v) is 8.01. The van der Waals surface area contributed by atoms with Gasteiger partial charge in [0, 0.05) is 36.6 Å². The fraction of sp³-hybridized carbons (Fsp3) is 0.314. The molecule has 2 N–H and O–H groups in total. The van der Waals surface area contributed by atoms with Crippen LogP contribution in [0.25, 0.3) is 16.8 Å². The van der Waals surface area contributed by atoms with Crippen molar-refractivity contribution in [2.45, 2.75) is 65.1 Å². The van der Waals surface area contributed by atoms with Crippen LogP contribution >= 0.6 is 0 Å². The maximum atomic E-state index is 14.2. The first-order valence-electron chi connectivity index (χ1n) is 15.0. The molecule has 1 aliphatic heterocycles. The Hall–Kier alpha value is -4.50. The molecule has 4 aromatic rings. The lowest BCUT2D eigenvalue weighted by molar-refractivity contribution is -0.0108. The molecular weight excluding hydrogens is 551 g/mol. The van der Waals surface area contributed by atoms with Gasteiger partial charge in [-0.05, 0) is 62.1 Å². The van der Waals surface area contributed by atoms with Crippen LogP contribution in [0.3, 0.4) is 0 Å². The van der Waals surface area contributed by atoms with Gasteiger partial charge in [0.05, 0.1) is 17.5 Å². The Bertz CT molecular complexity index is 1780. The van der Waals surface area contributed by atoms with Crippen molar-refractivity contribution in [3.05, 3.63) is 111 Å².